The molecule has 7 heteroatoms. The Balaban J connectivity index is 1.58. The van der Waals surface area contributed by atoms with Crippen LogP contribution in [0.1, 0.15) is 37.2 Å². The van der Waals surface area contributed by atoms with Crippen molar-refractivity contribution in [3.8, 4) is 0 Å². The lowest BCUT2D eigenvalue weighted by molar-refractivity contribution is 0.632. The molecule has 0 spiro atoms. The molecule has 146 valence electrons. The zero-order chi connectivity index (χ0) is 19.1. The van der Waals surface area contributed by atoms with Crippen molar-refractivity contribution in [1.29, 1.82) is 0 Å². The van der Waals surface area contributed by atoms with Gasteiger partial charge in [0.1, 0.15) is 12.2 Å². The molecule has 0 fully saturated rings. The molecule has 0 radical (unpaired) electrons. The number of nitrogens with zero attached hydrogens (tertiary/aromatic N) is 5. The molecule has 1 aliphatic rings. The van der Waals surface area contributed by atoms with Gasteiger partial charge in [0, 0.05) is 45.3 Å². The molecule has 0 saturated carbocycles. The topological polar surface area (TPSA) is 70.4 Å². The van der Waals surface area contributed by atoms with Crippen LogP contribution in [0.5, 0.6) is 0 Å². The van der Waals surface area contributed by atoms with Crippen LogP contribution in [0.2, 0.25) is 0 Å². The van der Waals surface area contributed by atoms with Crippen molar-refractivity contribution >= 4 is 11.6 Å². The molecule has 0 bridgehead atoms. The first-order chi connectivity index (χ1) is 13.2. The molecule has 0 atom stereocenters. The largest absolute Gasteiger partial charge is 0.374 e. The maximum atomic E-state index is 4.75. The van der Waals surface area contributed by atoms with Gasteiger partial charge in [-0.15, -0.1) is 10.2 Å². The highest BCUT2D eigenvalue weighted by Crippen LogP contribution is 2.26. The molecule has 1 aromatic carbocycles. The second kappa shape index (κ2) is 9.39. The van der Waals surface area contributed by atoms with Crippen LogP contribution in [0.25, 0.3) is 0 Å². The van der Waals surface area contributed by atoms with Crippen LogP contribution >= 0.6 is 0 Å². The van der Waals surface area contributed by atoms with Crippen LogP contribution in [-0.4, -0.2) is 47.4 Å². The highest BCUT2D eigenvalue weighted by Gasteiger charge is 2.13. The lowest BCUT2D eigenvalue weighted by Gasteiger charge is -2.27. The highest BCUT2D eigenvalue weighted by atomic mass is 15.3. The van der Waals surface area contributed by atoms with Gasteiger partial charge >= 0.3 is 0 Å². The fourth-order valence-electron chi connectivity index (χ4n) is 3.48. The van der Waals surface area contributed by atoms with Crippen LogP contribution in [0.3, 0.4) is 0 Å². The number of anilines is 1. The first kappa shape index (κ1) is 19.2. The first-order valence-electron chi connectivity index (χ1n) is 9.93. The average Bonchev–Trinajstić information content (AvgIpc) is 3.13. The summed E-state index contributed by atoms with van der Waals surface area (Å²) in [4.78, 5) is 7.09. The van der Waals surface area contributed by atoms with Crippen LogP contribution in [0.15, 0.2) is 29.5 Å². The second-order valence-corrected chi connectivity index (χ2v) is 6.90. The third-order valence-corrected chi connectivity index (χ3v) is 4.92. The van der Waals surface area contributed by atoms with Gasteiger partial charge in [-0.25, -0.2) is 4.99 Å². The van der Waals surface area contributed by atoms with Gasteiger partial charge in [-0.1, -0.05) is 19.1 Å². The van der Waals surface area contributed by atoms with E-state index in [4.69, 9.17) is 4.99 Å². The van der Waals surface area contributed by atoms with Crippen molar-refractivity contribution in [3.63, 3.8) is 0 Å². The lowest BCUT2D eigenvalue weighted by Crippen LogP contribution is -2.38. The van der Waals surface area contributed by atoms with E-state index >= 15 is 0 Å². The van der Waals surface area contributed by atoms with Gasteiger partial charge in [-0.3, -0.25) is 0 Å². The number of aliphatic imine (C=N–C) groups is 1. The van der Waals surface area contributed by atoms with Crippen molar-refractivity contribution in [2.45, 2.75) is 46.2 Å². The number of aryl methyl sites for hydroxylation is 2. The molecule has 0 aliphatic carbocycles. The molecule has 0 saturated heterocycles. The van der Waals surface area contributed by atoms with E-state index in [9.17, 15) is 0 Å². The molecule has 7 nitrogen and oxygen atoms in total. The molecule has 1 aromatic heterocycles. The second-order valence-electron chi connectivity index (χ2n) is 6.90. The Kier molecular flexibility index (Phi) is 6.68. The molecule has 3 rings (SSSR count). The Labute approximate surface area is 161 Å². The summed E-state index contributed by atoms with van der Waals surface area (Å²) in [6.45, 7) is 8.45. The minimum Gasteiger partial charge on any atom is -0.374 e. The van der Waals surface area contributed by atoms with E-state index < -0.39 is 0 Å². The van der Waals surface area contributed by atoms with Gasteiger partial charge in [0.05, 0.1) is 6.54 Å². The Morgan fingerprint density at radius 3 is 2.96 bits per heavy atom. The molecule has 2 aromatic rings. The summed E-state index contributed by atoms with van der Waals surface area (Å²) in [7, 11) is 2.17. The van der Waals surface area contributed by atoms with E-state index in [1.54, 1.807) is 6.33 Å². The summed E-state index contributed by atoms with van der Waals surface area (Å²) in [5, 5.41) is 14.8. The van der Waals surface area contributed by atoms with Crippen LogP contribution < -0.4 is 15.5 Å². The van der Waals surface area contributed by atoms with Crippen LogP contribution in [0.4, 0.5) is 5.69 Å². The van der Waals surface area contributed by atoms with E-state index in [0.717, 1.165) is 50.8 Å². The molecule has 0 amide bonds. The van der Waals surface area contributed by atoms with Crippen LogP contribution in [0, 0.1) is 0 Å². The molecular formula is C20H31N7. The van der Waals surface area contributed by atoms with Crippen molar-refractivity contribution in [1.82, 2.24) is 25.4 Å². The normalized spacial score (nSPS) is 14.2. The number of guanidine groups is 1. The number of hydrogen-bond acceptors (Lipinski definition) is 4. The summed E-state index contributed by atoms with van der Waals surface area (Å²) in [5.74, 6) is 1.86. The number of nitrogens with one attached hydrogen (secondary N) is 2. The zero-order valence-electron chi connectivity index (χ0n) is 16.7. The molecule has 27 heavy (non-hydrogen) atoms. The third-order valence-electron chi connectivity index (χ3n) is 4.92. The molecular weight excluding hydrogens is 338 g/mol. The summed E-state index contributed by atoms with van der Waals surface area (Å²) in [6, 6.07) is 6.74. The molecule has 1 aliphatic heterocycles. The number of hydrogen-bond donors (Lipinski definition) is 2. The minimum atomic E-state index is 0.680. The molecule has 2 heterocycles. The maximum absolute atomic E-state index is 4.75. The van der Waals surface area contributed by atoms with E-state index in [2.05, 4.69) is 69.4 Å². The quantitative estimate of drug-likeness (QED) is 0.577. The summed E-state index contributed by atoms with van der Waals surface area (Å²) >= 11 is 0. The van der Waals surface area contributed by atoms with Crippen LogP contribution in [-0.2, 0) is 25.9 Å². The molecule has 0 unspecified atom stereocenters. The zero-order valence-corrected chi connectivity index (χ0v) is 16.7. The molecule has 2 N–H and O–H groups in total. The monoisotopic (exact) mass is 369 g/mol. The first-order valence-corrected chi connectivity index (χ1v) is 9.93. The van der Waals surface area contributed by atoms with Crippen molar-refractivity contribution in [2.75, 3.05) is 31.6 Å². The van der Waals surface area contributed by atoms with Gasteiger partial charge in [0.2, 0.25) is 0 Å². The highest BCUT2D eigenvalue weighted by molar-refractivity contribution is 5.79. The Bertz CT molecular complexity index is 765. The summed E-state index contributed by atoms with van der Waals surface area (Å²) in [5.41, 5.74) is 4.06. The van der Waals surface area contributed by atoms with Crippen molar-refractivity contribution in [3.05, 3.63) is 41.5 Å². The third kappa shape index (κ3) is 4.99. The predicted octanol–water partition coefficient (Wildman–Crippen LogP) is 1.98. The van der Waals surface area contributed by atoms with E-state index in [-0.39, 0.29) is 0 Å². The summed E-state index contributed by atoms with van der Waals surface area (Å²) < 4.78 is 2.08. The van der Waals surface area contributed by atoms with Crippen molar-refractivity contribution < 1.29 is 0 Å². The number of benzene rings is 1. The van der Waals surface area contributed by atoms with Gasteiger partial charge < -0.3 is 20.1 Å². The van der Waals surface area contributed by atoms with Gasteiger partial charge in [-0.05, 0) is 37.0 Å². The minimum absolute atomic E-state index is 0.680. The number of rotatable bonds is 7. The maximum Gasteiger partial charge on any atom is 0.191 e. The van der Waals surface area contributed by atoms with E-state index in [1.807, 2.05) is 0 Å². The van der Waals surface area contributed by atoms with E-state index in [1.165, 1.54) is 23.2 Å². The van der Waals surface area contributed by atoms with E-state index in [0.29, 0.717) is 6.54 Å². The van der Waals surface area contributed by atoms with Gasteiger partial charge in [-0.2, -0.15) is 0 Å². The van der Waals surface area contributed by atoms with Crippen molar-refractivity contribution in [2.24, 2.45) is 4.99 Å². The Morgan fingerprint density at radius 2 is 2.15 bits per heavy atom. The smallest absolute Gasteiger partial charge is 0.191 e. The lowest BCUT2D eigenvalue weighted by atomic mass is 10.00. The standard InChI is InChI=1S/C20H31N7/c1-4-19-25-24-15-27(19)12-10-22-20(21-5-2)23-14-16-8-9-18-17(13-16)7-6-11-26(18)3/h8-9,13,15H,4-7,10-12,14H2,1-3H3,(H2,21,22,23). The fourth-order valence-corrected chi connectivity index (χ4v) is 3.48. The fraction of sp³-hybridized carbons (Fsp3) is 0.550. The average molecular weight is 370 g/mol. The predicted molar refractivity (Wildman–Crippen MR) is 110 cm³/mol. The number of aromatic nitrogens is 3. The van der Waals surface area contributed by atoms with Gasteiger partial charge in [0.25, 0.3) is 0 Å². The SMILES string of the molecule is CCNC(=NCc1ccc2c(c1)CCCN2C)NCCn1cnnc1CC. The summed E-state index contributed by atoms with van der Waals surface area (Å²) in [6.07, 6.45) is 5.06. The number of fused-ring (bicyclic) bond motifs is 1. The van der Waals surface area contributed by atoms with Gasteiger partial charge in [0.15, 0.2) is 5.96 Å². The Morgan fingerprint density at radius 1 is 1.26 bits per heavy atom. The Hall–Kier alpha value is -2.57.